The van der Waals surface area contributed by atoms with Gasteiger partial charge in [-0.1, -0.05) is 57.0 Å². The van der Waals surface area contributed by atoms with Gasteiger partial charge < -0.3 is 20.7 Å². The number of halogens is 3. The number of ether oxygens (including phenoxy) is 1. The summed E-state index contributed by atoms with van der Waals surface area (Å²) >= 11 is 0. The van der Waals surface area contributed by atoms with Gasteiger partial charge >= 0.3 is 12.1 Å². The van der Waals surface area contributed by atoms with Crippen LogP contribution in [0.2, 0.25) is 0 Å². The number of hydrogen-bond acceptors (Lipinski definition) is 7. The Labute approximate surface area is 224 Å². The van der Waals surface area contributed by atoms with E-state index in [1.165, 1.54) is 6.92 Å². The van der Waals surface area contributed by atoms with E-state index in [0.717, 1.165) is 12.8 Å². The molecule has 0 radical (unpaired) electrons. The summed E-state index contributed by atoms with van der Waals surface area (Å²) in [5.74, 6) is -3.55. The molecule has 0 saturated carbocycles. The highest BCUT2D eigenvalue weighted by molar-refractivity contribution is 5.94. The van der Waals surface area contributed by atoms with Crippen molar-refractivity contribution in [2.45, 2.75) is 95.4 Å². The maximum absolute atomic E-state index is 13.6. The standard InChI is InChI=1S/C26H34F3N5O5/c1-4-5-9-15(2)20-13-21(35)31-19(14-25(33-34-25)26(27,28)29)23(37)32-18(12-17-10-7-6-8-11-17)22(36)30-16(3)24(38)39-20/h6-8,10-11,15-16,18-20H,4-5,9,12-14H2,1-3H3,(H,30,36)(H,31,35)(H,32,37)/t15-,16-,18-,19+,20-/m0/s1. The van der Waals surface area contributed by atoms with Crippen molar-refractivity contribution >= 4 is 23.7 Å². The van der Waals surface area contributed by atoms with E-state index in [1.807, 2.05) is 6.92 Å². The van der Waals surface area contributed by atoms with Gasteiger partial charge in [0, 0.05) is 12.8 Å². The van der Waals surface area contributed by atoms with Gasteiger partial charge in [-0.3, -0.25) is 14.4 Å². The van der Waals surface area contributed by atoms with Gasteiger partial charge in [0.15, 0.2) is 0 Å². The maximum atomic E-state index is 13.6. The van der Waals surface area contributed by atoms with Gasteiger partial charge in [0.2, 0.25) is 17.7 Å². The minimum atomic E-state index is -4.87. The second-order valence-electron chi connectivity index (χ2n) is 10.1. The zero-order valence-corrected chi connectivity index (χ0v) is 22.1. The zero-order valence-electron chi connectivity index (χ0n) is 22.1. The van der Waals surface area contributed by atoms with Gasteiger partial charge in [-0.2, -0.15) is 13.2 Å². The van der Waals surface area contributed by atoms with Crippen LogP contribution in [-0.2, 0) is 30.3 Å². The molecule has 3 rings (SSSR count). The number of cyclic esters (lactones) is 1. The van der Waals surface area contributed by atoms with Gasteiger partial charge in [0.1, 0.15) is 24.2 Å². The number of hydrogen-bond donors (Lipinski definition) is 3. The minimum absolute atomic E-state index is 0.0172. The van der Waals surface area contributed by atoms with Gasteiger partial charge in [-0.25, -0.2) is 4.79 Å². The predicted molar refractivity (Wildman–Crippen MR) is 133 cm³/mol. The fourth-order valence-corrected chi connectivity index (χ4v) is 4.33. The number of rotatable bonds is 8. The molecule has 0 aliphatic carbocycles. The number of amides is 3. The van der Waals surface area contributed by atoms with E-state index in [1.54, 1.807) is 37.3 Å². The van der Waals surface area contributed by atoms with E-state index >= 15 is 0 Å². The third-order valence-electron chi connectivity index (χ3n) is 6.87. The normalized spacial score (nSPS) is 26.6. The molecule has 1 fully saturated rings. The average molecular weight is 554 g/mol. The third kappa shape index (κ3) is 7.99. The van der Waals surface area contributed by atoms with Gasteiger partial charge in [0.05, 0.1) is 6.42 Å². The molecular weight excluding hydrogens is 519 g/mol. The Hall–Kier alpha value is -3.51. The summed E-state index contributed by atoms with van der Waals surface area (Å²) in [5, 5.41) is 13.6. The van der Waals surface area contributed by atoms with Crippen molar-refractivity contribution in [3.63, 3.8) is 0 Å². The minimum Gasteiger partial charge on any atom is -0.460 e. The molecule has 0 unspecified atom stereocenters. The molecule has 3 N–H and O–H groups in total. The number of carbonyl (C=O) groups is 4. The smallest absolute Gasteiger partial charge is 0.437 e. The van der Waals surface area contributed by atoms with Crippen molar-refractivity contribution in [3.8, 4) is 0 Å². The monoisotopic (exact) mass is 553 g/mol. The van der Waals surface area contributed by atoms with Gasteiger partial charge in [0.25, 0.3) is 5.66 Å². The lowest BCUT2D eigenvalue weighted by Crippen LogP contribution is -2.57. The Morgan fingerprint density at radius 2 is 1.67 bits per heavy atom. The summed E-state index contributed by atoms with van der Waals surface area (Å²) in [6, 6.07) is 4.55. The molecule has 39 heavy (non-hydrogen) atoms. The summed E-state index contributed by atoms with van der Waals surface area (Å²) in [4.78, 5) is 52.3. The van der Waals surface area contributed by atoms with Crippen molar-refractivity contribution in [1.29, 1.82) is 0 Å². The summed E-state index contributed by atoms with van der Waals surface area (Å²) in [7, 11) is 0. The molecule has 3 amide bonds. The number of unbranched alkanes of at least 4 members (excludes halogenated alkanes) is 1. The zero-order chi connectivity index (χ0) is 28.8. The van der Waals surface area contributed by atoms with Crippen LogP contribution in [0.1, 0.15) is 58.4 Å². The maximum Gasteiger partial charge on any atom is 0.437 e. The van der Waals surface area contributed by atoms with Crippen LogP contribution in [0.3, 0.4) is 0 Å². The quantitative estimate of drug-likeness (QED) is 0.425. The molecule has 1 aromatic rings. The van der Waals surface area contributed by atoms with Crippen LogP contribution in [0.25, 0.3) is 0 Å². The highest BCUT2D eigenvalue weighted by atomic mass is 19.4. The summed E-state index contributed by atoms with van der Waals surface area (Å²) in [6.07, 6.45) is -4.87. The van der Waals surface area contributed by atoms with Crippen molar-refractivity contribution in [2.24, 2.45) is 16.1 Å². The lowest BCUT2D eigenvalue weighted by atomic mass is 9.95. The van der Waals surface area contributed by atoms with Crippen molar-refractivity contribution in [1.82, 2.24) is 16.0 Å². The van der Waals surface area contributed by atoms with Crippen LogP contribution in [-0.4, -0.2) is 59.8 Å². The molecule has 5 atom stereocenters. The van der Waals surface area contributed by atoms with Crippen molar-refractivity contribution in [2.75, 3.05) is 0 Å². The van der Waals surface area contributed by atoms with E-state index in [2.05, 4.69) is 26.2 Å². The molecule has 10 nitrogen and oxygen atoms in total. The second kappa shape index (κ2) is 12.6. The molecular formula is C26H34F3N5O5. The van der Waals surface area contributed by atoms with Crippen LogP contribution in [0.5, 0.6) is 0 Å². The Morgan fingerprint density at radius 1 is 1.03 bits per heavy atom. The fraction of sp³-hybridized carbons (Fsp3) is 0.615. The first-order valence-electron chi connectivity index (χ1n) is 13.0. The largest absolute Gasteiger partial charge is 0.460 e. The van der Waals surface area contributed by atoms with Crippen LogP contribution < -0.4 is 16.0 Å². The predicted octanol–water partition coefficient (Wildman–Crippen LogP) is 2.96. The van der Waals surface area contributed by atoms with E-state index in [4.69, 9.17) is 4.74 Å². The van der Waals surface area contributed by atoms with Crippen LogP contribution in [0.4, 0.5) is 13.2 Å². The third-order valence-corrected chi connectivity index (χ3v) is 6.87. The summed E-state index contributed by atoms with van der Waals surface area (Å²) < 4.78 is 46.5. The number of benzene rings is 1. The first-order chi connectivity index (χ1) is 18.3. The van der Waals surface area contributed by atoms with Crippen molar-refractivity contribution < 1.29 is 37.1 Å². The first kappa shape index (κ1) is 30.0. The molecule has 1 aromatic carbocycles. The number of nitrogens with one attached hydrogen (secondary N) is 3. The van der Waals surface area contributed by atoms with Crippen LogP contribution >= 0.6 is 0 Å². The Bertz CT molecular complexity index is 1080. The molecule has 1 saturated heterocycles. The molecule has 2 aliphatic rings. The summed E-state index contributed by atoms with van der Waals surface area (Å²) in [6.45, 7) is 5.19. The van der Waals surface area contributed by atoms with E-state index < -0.39 is 66.2 Å². The van der Waals surface area contributed by atoms with E-state index in [-0.39, 0.29) is 18.8 Å². The number of alkyl halides is 3. The van der Waals surface area contributed by atoms with Gasteiger partial charge in [-0.15, -0.1) is 10.2 Å². The second-order valence-corrected chi connectivity index (χ2v) is 10.1. The first-order valence-corrected chi connectivity index (χ1v) is 13.0. The lowest BCUT2D eigenvalue weighted by molar-refractivity contribution is -0.168. The van der Waals surface area contributed by atoms with Crippen molar-refractivity contribution in [3.05, 3.63) is 35.9 Å². The number of nitrogens with zero attached hydrogens (tertiary/aromatic N) is 2. The van der Waals surface area contributed by atoms with E-state index in [9.17, 15) is 32.3 Å². The molecule has 0 spiro atoms. The Kier molecular flexibility index (Phi) is 9.68. The van der Waals surface area contributed by atoms with E-state index in [0.29, 0.717) is 12.0 Å². The lowest BCUT2D eigenvalue weighted by Gasteiger charge is -2.26. The molecule has 2 heterocycles. The fourth-order valence-electron chi connectivity index (χ4n) is 4.33. The SMILES string of the molecule is CCCC[C@H](C)[C@@H]1CC(=O)N[C@H](CC2(C(F)(F)F)N=N2)C(=O)N[C@@H](Cc2ccccc2)C(=O)N[C@@H](C)C(=O)O1. The Morgan fingerprint density at radius 3 is 2.26 bits per heavy atom. The molecule has 13 heteroatoms. The summed E-state index contributed by atoms with van der Waals surface area (Å²) in [5.41, 5.74) is -2.16. The molecule has 214 valence electrons. The average Bonchev–Trinajstić information content (AvgIpc) is 3.67. The van der Waals surface area contributed by atoms with Crippen LogP contribution in [0.15, 0.2) is 40.6 Å². The highest BCUT2D eigenvalue weighted by Crippen LogP contribution is 2.47. The van der Waals surface area contributed by atoms with Crippen LogP contribution in [0, 0.1) is 5.92 Å². The molecule has 2 aliphatic heterocycles. The molecule has 0 bridgehead atoms. The van der Waals surface area contributed by atoms with Gasteiger partial charge in [-0.05, 0) is 24.8 Å². The number of carbonyl (C=O) groups excluding carboxylic acids is 4. The molecule has 0 aromatic heterocycles. The Balaban J connectivity index is 1.93. The highest BCUT2D eigenvalue weighted by Gasteiger charge is 2.65. The topological polar surface area (TPSA) is 138 Å². The number of esters is 1.